The van der Waals surface area contributed by atoms with Crippen molar-refractivity contribution in [1.29, 1.82) is 0 Å². The summed E-state index contributed by atoms with van der Waals surface area (Å²) in [6.07, 6.45) is 1.02. The number of rotatable bonds is 6. The normalized spacial score (nSPS) is 13.1. The average Bonchev–Trinajstić information content (AvgIpc) is 3.05. The third kappa shape index (κ3) is 4.73. The van der Waals surface area contributed by atoms with Crippen LogP contribution in [0.15, 0.2) is 106 Å². The van der Waals surface area contributed by atoms with Crippen molar-refractivity contribution >= 4 is 34.8 Å². The topological polar surface area (TPSA) is 67.5 Å². The largest absolute Gasteiger partial charge is 0.378 e. The van der Waals surface area contributed by atoms with Gasteiger partial charge in [-0.2, -0.15) is 0 Å². The predicted molar refractivity (Wildman–Crippen MR) is 145 cm³/mol. The highest BCUT2D eigenvalue weighted by atomic mass is 32.2. The van der Waals surface area contributed by atoms with Crippen LogP contribution in [0.4, 0.5) is 11.4 Å². The van der Waals surface area contributed by atoms with Crippen LogP contribution in [0.25, 0.3) is 0 Å². The molecule has 0 fully saturated rings. The second-order valence-corrected chi connectivity index (χ2v) is 9.70. The predicted octanol–water partition coefficient (Wildman–Crippen LogP) is 7.15. The van der Waals surface area contributed by atoms with Crippen molar-refractivity contribution in [2.24, 2.45) is 10.7 Å². The molecule has 1 unspecified atom stereocenters. The van der Waals surface area contributed by atoms with E-state index in [-0.39, 0.29) is 6.04 Å². The number of amides is 1. The van der Waals surface area contributed by atoms with Gasteiger partial charge in [0.1, 0.15) is 0 Å². The van der Waals surface area contributed by atoms with E-state index in [1.807, 2.05) is 24.3 Å². The molecule has 0 saturated heterocycles. The highest BCUT2D eigenvalue weighted by Crippen LogP contribution is 2.43. The van der Waals surface area contributed by atoms with Gasteiger partial charge in [0.25, 0.3) is 0 Å². The van der Waals surface area contributed by atoms with E-state index in [1.165, 1.54) is 11.1 Å². The second kappa shape index (κ2) is 9.80. The minimum absolute atomic E-state index is 0.0503. The second-order valence-electron chi connectivity index (χ2n) is 8.61. The van der Waals surface area contributed by atoms with Gasteiger partial charge in [-0.15, -0.1) is 0 Å². The molecule has 1 amide bonds. The molecular formula is C30H27N3OS. The monoisotopic (exact) mass is 477 g/mol. The van der Waals surface area contributed by atoms with Gasteiger partial charge in [-0.05, 0) is 60.9 Å². The molecule has 5 heteroatoms. The molecular weight excluding hydrogens is 450 g/mol. The van der Waals surface area contributed by atoms with Gasteiger partial charge in [0.2, 0.25) is 5.91 Å². The maximum atomic E-state index is 11.9. The van der Waals surface area contributed by atoms with Crippen LogP contribution in [0, 0.1) is 0 Å². The quantitative estimate of drug-likeness (QED) is 0.273. The standard InChI is InChI=1S/C30H27N3OS/c1-3-20-12-15-23(16-13-20)32-19(2)24-10-7-11-27-28(24)29(21-8-5-4-6-9-21)33-25-18-22(30(31)34)14-17-26(25)35-27/h4-19,32H,3H2,1-2H3,(H2,31,34). The van der Waals surface area contributed by atoms with Crippen molar-refractivity contribution in [2.45, 2.75) is 36.1 Å². The number of aryl methyl sites for hydroxylation is 1. The molecule has 174 valence electrons. The third-order valence-corrected chi connectivity index (χ3v) is 7.38. The number of hydrogen-bond donors (Lipinski definition) is 2. The van der Waals surface area contributed by atoms with Crippen LogP contribution in [0.1, 0.15) is 52.5 Å². The molecule has 0 radical (unpaired) electrons. The number of carbonyl (C=O) groups is 1. The van der Waals surface area contributed by atoms with Gasteiger partial charge < -0.3 is 11.1 Å². The molecule has 4 aromatic carbocycles. The van der Waals surface area contributed by atoms with Crippen molar-refractivity contribution in [1.82, 2.24) is 0 Å². The van der Waals surface area contributed by atoms with Crippen molar-refractivity contribution < 1.29 is 4.79 Å². The molecule has 1 atom stereocenters. The van der Waals surface area contributed by atoms with Crippen LogP contribution in [0.2, 0.25) is 0 Å². The maximum Gasteiger partial charge on any atom is 0.248 e. The lowest BCUT2D eigenvalue weighted by atomic mass is 9.93. The van der Waals surface area contributed by atoms with E-state index in [1.54, 1.807) is 23.9 Å². The van der Waals surface area contributed by atoms with Crippen molar-refractivity contribution in [3.63, 3.8) is 0 Å². The number of nitrogens with zero attached hydrogens (tertiary/aromatic N) is 1. The molecule has 0 saturated carbocycles. The third-order valence-electron chi connectivity index (χ3n) is 6.25. The van der Waals surface area contributed by atoms with Crippen molar-refractivity contribution in [3.8, 4) is 0 Å². The number of nitrogens with one attached hydrogen (secondary N) is 1. The summed E-state index contributed by atoms with van der Waals surface area (Å²) in [5, 5.41) is 3.67. The Labute approximate surface area is 210 Å². The summed E-state index contributed by atoms with van der Waals surface area (Å²) in [7, 11) is 0. The first-order chi connectivity index (χ1) is 17.0. The van der Waals surface area contributed by atoms with E-state index in [2.05, 4.69) is 73.8 Å². The molecule has 1 aliphatic heterocycles. The Morgan fingerprint density at radius 1 is 0.943 bits per heavy atom. The average molecular weight is 478 g/mol. The maximum absolute atomic E-state index is 11.9. The summed E-state index contributed by atoms with van der Waals surface area (Å²) in [6, 6.07) is 30.8. The smallest absolute Gasteiger partial charge is 0.248 e. The van der Waals surface area contributed by atoms with Gasteiger partial charge in [-0.1, -0.05) is 73.3 Å². The zero-order valence-corrected chi connectivity index (χ0v) is 20.6. The Morgan fingerprint density at radius 2 is 1.71 bits per heavy atom. The molecule has 1 heterocycles. The summed E-state index contributed by atoms with van der Waals surface area (Å²) >= 11 is 1.67. The summed E-state index contributed by atoms with van der Waals surface area (Å²) in [4.78, 5) is 19.1. The Kier molecular flexibility index (Phi) is 6.43. The van der Waals surface area contributed by atoms with Crippen molar-refractivity contribution in [3.05, 3.63) is 119 Å². The lowest BCUT2D eigenvalue weighted by Gasteiger charge is -2.22. The zero-order valence-electron chi connectivity index (χ0n) is 19.8. The fraction of sp³-hybridized carbons (Fsp3) is 0.133. The number of benzene rings is 4. The Bertz CT molecular complexity index is 1410. The van der Waals surface area contributed by atoms with Crippen LogP contribution in [-0.4, -0.2) is 11.6 Å². The number of fused-ring (bicyclic) bond motifs is 2. The SMILES string of the molecule is CCc1ccc(NC(C)c2cccc3c2C(c2ccccc2)=Nc2cc(C(N)=O)ccc2S3)cc1. The van der Waals surface area contributed by atoms with Gasteiger partial charge in [0, 0.05) is 38.2 Å². The summed E-state index contributed by atoms with van der Waals surface area (Å²) in [6.45, 7) is 4.34. The molecule has 0 spiro atoms. The Morgan fingerprint density at radius 3 is 2.43 bits per heavy atom. The van der Waals surface area contributed by atoms with Gasteiger partial charge in [-0.3, -0.25) is 4.79 Å². The minimum Gasteiger partial charge on any atom is -0.378 e. The summed E-state index contributed by atoms with van der Waals surface area (Å²) in [5.41, 5.74) is 13.4. The van der Waals surface area contributed by atoms with Crippen LogP contribution in [0.5, 0.6) is 0 Å². The van der Waals surface area contributed by atoms with E-state index in [0.29, 0.717) is 5.56 Å². The van der Waals surface area contributed by atoms with Gasteiger partial charge in [0.15, 0.2) is 0 Å². The van der Waals surface area contributed by atoms with Gasteiger partial charge in [0.05, 0.1) is 11.4 Å². The molecule has 1 aliphatic rings. The Balaban J connectivity index is 1.64. The molecule has 5 rings (SSSR count). The molecule has 35 heavy (non-hydrogen) atoms. The highest BCUT2D eigenvalue weighted by molar-refractivity contribution is 7.99. The number of anilines is 1. The van der Waals surface area contributed by atoms with E-state index < -0.39 is 5.91 Å². The molecule has 0 bridgehead atoms. The first kappa shape index (κ1) is 22.9. The van der Waals surface area contributed by atoms with Crippen LogP contribution in [0.3, 0.4) is 0 Å². The fourth-order valence-electron chi connectivity index (χ4n) is 4.36. The first-order valence-electron chi connectivity index (χ1n) is 11.8. The lowest BCUT2D eigenvalue weighted by molar-refractivity contribution is 0.1000. The zero-order chi connectivity index (χ0) is 24.4. The number of hydrogen-bond acceptors (Lipinski definition) is 4. The van der Waals surface area contributed by atoms with E-state index in [4.69, 9.17) is 10.7 Å². The first-order valence-corrected chi connectivity index (χ1v) is 12.6. The lowest BCUT2D eigenvalue weighted by Crippen LogP contribution is -2.14. The fourth-order valence-corrected chi connectivity index (χ4v) is 5.40. The molecule has 3 N–H and O–H groups in total. The number of carbonyl (C=O) groups excluding carboxylic acids is 1. The van der Waals surface area contributed by atoms with E-state index in [0.717, 1.165) is 44.4 Å². The summed E-state index contributed by atoms with van der Waals surface area (Å²) in [5.74, 6) is -0.455. The molecule has 0 aliphatic carbocycles. The molecule has 4 nitrogen and oxygen atoms in total. The Hall–Kier alpha value is -3.83. The van der Waals surface area contributed by atoms with Crippen LogP contribution < -0.4 is 11.1 Å². The van der Waals surface area contributed by atoms with Crippen LogP contribution in [-0.2, 0) is 6.42 Å². The number of primary amides is 1. The number of aliphatic imine (C=N–C) groups is 1. The van der Waals surface area contributed by atoms with E-state index >= 15 is 0 Å². The molecule has 4 aromatic rings. The molecule has 0 aromatic heterocycles. The minimum atomic E-state index is -0.455. The summed E-state index contributed by atoms with van der Waals surface area (Å²) < 4.78 is 0. The van der Waals surface area contributed by atoms with Crippen molar-refractivity contribution in [2.75, 3.05) is 5.32 Å². The van der Waals surface area contributed by atoms with Crippen LogP contribution >= 0.6 is 11.8 Å². The van der Waals surface area contributed by atoms with Gasteiger partial charge >= 0.3 is 0 Å². The number of nitrogens with two attached hydrogens (primary N) is 1. The van der Waals surface area contributed by atoms with Gasteiger partial charge in [-0.25, -0.2) is 4.99 Å². The highest BCUT2D eigenvalue weighted by Gasteiger charge is 2.24. The van der Waals surface area contributed by atoms with E-state index in [9.17, 15) is 4.79 Å².